The molecular formula is C25H25Cl3N2O3S. The van der Waals surface area contributed by atoms with Crippen molar-refractivity contribution in [3.05, 3.63) is 91.4 Å². The van der Waals surface area contributed by atoms with E-state index in [9.17, 15) is 13.2 Å². The summed E-state index contributed by atoms with van der Waals surface area (Å²) in [5.41, 5.74) is 4.14. The Morgan fingerprint density at radius 1 is 0.824 bits per heavy atom. The van der Waals surface area contributed by atoms with Gasteiger partial charge < -0.3 is 5.32 Å². The van der Waals surface area contributed by atoms with Crippen molar-refractivity contribution in [1.82, 2.24) is 4.31 Å². The van der Waals surface area contributed by atoms with Gasteiger partial charge >= 0.3 is 0 Å². The summed E-state index contributed by atoms with van der Waals surface area (Å²) in [7, 11) is -4.03. The normalized spacial score (nSPS) is 11.6. The van der Waals surface area contributed by atoms with Crippen LogP contribution < -0.4 is 5.32 Å². The van der Waals surface area contributed by atoms with Crippen molar-refractivity contribution in [2.45, 2.75) is 39.1 Å². The number of benzene rings is 3. The number of nitrogens with one attached hydrogen (secondary N) is 1. The van der Waals surface area contributed by atoms with Crippen molar-refractivity contribution in [3.8, 4) is 0 Å². The summed E-state index contributed by atoms with van der Waals surface area (Å²) in [6.45, 7) is 6.79. The number of carbonyl (C=O) groups excluding carboxylic acids is 1. The third-order valence-corrected chi connectivity index (χ3v) is 8.57. The Morgan fingerprint density at radius 3 is 2.06 bits per heavy atom. The van der Waals surface area contributed by atoms with Crippen molar-refractivity contribution < 1.29 is 13.2 Å². The van der Waals surface area contributed by atoms with Gasteiger partial charge in [-0.25, -0.2) is 8.42 Å². The highest BCUT2D eigenvalue weighted by Gasteiger charge is 2.30. The molecule has 5 nitrogen and oxygen atoms in total. The van der Waals surface area contributed by atoms with Crippen molar-refractivity contribution in [2.75, 3.05) is 11.9 Å². The van der Waals surface area contributed by atoms with E-state index < -0.39 is 22.5 Å². The number of amides is 1. The predicted molar refractivity (Wildman–Crippen MR) is 140 cm³/mol. The van der Waals surface area contributed by atoms with E-state index in [4.69, 9.17) is 34.8 Å². The number of rotatable bonds is 7. The number of anilines is 1. The molecule has 0 bridgehead atoms. The fraction of sp³-hybridized carbons (Fsp3) is 0.240. The second-order valence-corrected chi connectivity index (χ2v) is 11.4. The van der Waals surface area contributed by atoms with Gasteiger partial charge in [-0.05, 0) is 74.2 Å². The Morgan fingerprint density at radius 2 is 1.47 bits per heavy atom. The molecule has 3 aromatic carbocycles. The first kappa shape index (κ1) is 26.5. The molecule has 0 spiro atoms. The molecule has 0 heterocycles. The third-order valence-electron chi connectivity index (χ3n) is 5.32. The van der Waals surface area contributed by atoms with E-state index in [1.54, 1.807) is 50.2 Å². The van der Waals surface area contributed by atoms with Crippen LogP contribution >= 0.6 is 34.8 Å². The first-order chi connectivity index (χ1) is 15.9. The van der Waals surface area contributed by atoms with Gasteiger partial charge in [0.15, 0.2) is 0 Å². The number of hydrogen-bond acceptors (Lipinski definition) is 3. The van der Waals surface area contributed by atoms with Gasteiger partial charge in [0.25, 0.3) is 0 Å². The van der Waals surface area contributed by atoms with E-state index in [2.05, 4.69) is 5.32 Å². The molecule has 34 heavy (non-hydrogen) atoms. The van der Waals surface area contributed by atoms with Crippen molar-refractivity contribution in [3.63, 3.8) is 0 Å². The Bertz CT molecular complexity index is 1330. The van der Waals surface area contributed by atoms with Gasteiger partial charge in [-0.2, -0.15) is 4.31 Å². The number of carbonyl (C=O) groups is 1. The van der Waals surface area contributed by atoms with E-state index >= 15 is 0 Å². The number of hydrogen-bond donors (Lipinski definition) is 1. The minimum Gasteiger partial charge on any atom is -0.325 e. The predicted octanol–water partition coefficient (Wildman–Crippen LogP) is 6.71. The summed E-state index contributed by atoms with van der Waals surface area (Å²) < 4.78 is 28.7. The number of aryl methyl sites for hydroxylation is 4. The highest BCUT2D eigenvalue weighted by Crippen LogP contribution is 2.29. The zero-order chi connectivity index (χ0) is 25.2. The summed E-state index contributed by atoms with van der Waals surface area (Å²) in [6, 6.07) is 13.6. The van der Waals surface area contributed by atoms with Gasteiger partial charge in [0.2, 0.25) is 15.9 Å². The monoisotopic (exact) mass is 538 g/mol. The Kier molecular flexibility index (Phi) is 8.32. The first-order valence-corrected chi connectivity index (χ1v) is 13.0. The van der Waals surface area contributed by atoms with E-state index in [0.29, 0.717) is 37.4 Å². The highest BCUT2D eigenvalue weighted by atomic mass is 35.5. The van der Waals surface area contributed by atoms with Crippen LogP contribution in [0.15, 0.2) is 53.4 Å². The molecule has 0 aliphatic rings. The van der Waals surface area contributed by atoms with Crippen LogP contribution in [-0.4, -0.2) is 25.2 Å². The molecule has 180 valence electrons. The zero-order valence-corrected chi connectivity index (χ0v) is 22.3. The van der Waals surface area contributed by atoms with Crippen molar-refractivity contribution in [1.29, 1.82) is 0 Å². The molecule has 9 heteroatoms. The molecule has 0 saturated carbocycles. The van der Waals surface area contributed by atoms with E-state index in [-0.39, 0.29) is 11.4 Å². The summed E-state index contributed by atoms with van der Waals surface area (Å²) in [6.07, 6.45) is 0. The Hall–Kier alpha value is -2.09. The van der Waals surface area contributed by atoms with Crippen LogP contribution in [0.3, 0.4) is 0 Å². The van der Waals surface area contributed by atoms with Gasteiger partial charge in [0.05, 0.1) is 21.5 Å². The number of sulfonamides is 1. The lowest BCUT2D eigenvalue weighted by Gasteiger charge is -2.24. The molecule has 0 aromatic heterocycles. The molecule has 0 fully saturated rings. The largest absolute Gasteiger partial charge is 0.325 e. The minimum atomic E-state index is -4.03. The molecular weight excluding hydrogens is 515 g/mol. The van der Waals surface area contributed by atoms with E-state index in [1.165, 1.54) is 0 Å². The second kappa shape index (κ2) is 10.7. The quantitative estimate of drug-likeness (QED) is 0.363. The van der Waals surface area contributed by atoms with Crippen molar-refractivity contribution >= 4 is 56.4 Å². The number of halogens is 3. The lowest BCUT2D eigenvalue weighted by atomic mass is 10.1. The van der Waals surface area contributed by atoms with Gasteiger partial charge in [0, 0.05) is 17.3 Å². The standard InChI is InChI=1S/C25H25Cl3N2O3S/c1-15-9-17(3)25(18(4)10-15)34(32,33)30(13-19-6-8-21(26)23(28)11-19)14-24(31)29-20-7-5-16(2)22(27)12-20/h5-12H,13-14H2,1-4H3,(H,29,31). The van der Waals surface area contributed by atoms with Gasteiger partial charge in [0.1, 0.15) is 0 Å². The molecule has 3 aromatic rings. The maximum atomic E-state index is 13.8. The van der Waals surface area contributed by atoms with E-state index in [1.807, 2.05) is 26.0 Å². The lowest BCUT2D eigenvalue weighted by Crippen LogP contribution is -2.38. The van der Waals surface area contributed by atoms with E-state index in [0.717, 1.165) is 15.4 Å². The molecule has 0 radical (unpaired) electrons. The SMILES string of the molecule is Cc1cc(C)c(S(=O)(=O)N(CC(=O)Nc2ccc(C)c(Cl)c2)Cc2ccc(Cl)c(Cl)c2)c(C)c1. The number of nitrogens with zero attached hydrogens (tertiary/aromatic N) is 1. The third kappa shape index (κ3) is 6.12. The molecule has 1 N–H and O–H groups in total. The zero-order valence-electron chi connectivity index (χ0n) is 19.2. The molecule has 0 aliphatic heterocycles. The van der Waals surface area contributed by atoms with Crippen LogP contribution in [0.2, 0.25) is 15.1 Å². The van der Waals surface area contributed by atoms with Gasteiger partial charge in [-0.15, -0.1) is 0 Å². The fourth-order valence-electron chi connectivity index (χ4n) is 3.80. The maximum Gasteiger partial charge on any atom is 0.244 e. The summed E-state index contributed by atoms with van der Waals surface area (Å²) in [4.78, 5) is 13.1. The summed E-state index contributed by atoms with van der Waals surface area (Å²) >= 11 is 18.3. The average Bonchev–Trinajstić information content (AvgIpc) is 2.72. The molecule has 0 saturated heterocycles. The molecule has 1 amide bonds. The molecule has 0 unspecified atom stereocenters. The fourth-order valence-corrected chi connectivity index (χ4v) is 6.10. The topological polar surface area (TPSA) is 66.5 Å². The van der Waals surface area contributed by atoms with Crippen LogP contribution in [0, 0.1) is 27.7 Å². The molecule has 0 aliphatic carbocycles. The molecule has 3 rings (SSSR count). The summed E-state index contributed by atoms with van der Waals surface area (Å²) in [5.74, 6) is -0.494. The van der Waals surface area contributed by atoms with Crippen LogP contribution in [0.5, 0.6) is 0 Å². The average molecular weight is 540 g/mol. The van der Waals surface area contributed by atoms with Gasteiger partial charge in [-0.3, -0.25) is 4.79 Å². The maximum absolute atomic E-state index is 13.8. The Balaban J connectivity index is 1.98. The molecule has 0 atom stereocenters. The Labute approximate surface area is 215 Å². The highest BCUT2D eigenvalue weighted by molar-refractivity contribution is 7.89. The summed E-state index contributed by atoms with van der Waals surface area (Å²) in [5, 5.41) is 3.90. The van der Waals surface area contributed by atoms with Gasteiger partial charge in [-0.1, -0.05) is 64.6 Å². The lowest BCUT2D eigenvalue weighted by molar-refractivity contribution is -0.116. The van der Waals surface area contributed by atoms with Crippen LogP contribution in [0.25, 0.3) is 0 Å². The van der Waals surface area contributed by atoms with Crippen LogP contribution in [-0.2, 0) is 21.4 Å². The first-order valence-electron chi connectivity index (χ1n) is 10.5. The van der Waals surface area contributed by atoms with Crippen molar-refractivity contribution in [2.24, 2.45) is 0 Å². The smallest absolute Gasteiger partial charge is 0.244 e. The second-order valence-electron chi connectivity index (χ2n) is 8.26. The van der Waals surface area contributed by atoms with Crippen LogP contribution in [0.4, 0.5) is 5.69 Å². The minimum absolute atomic E-state index is 0.0615. The van der Waals surface area contributed by atoms with Crippen LogP contribution in [0.1, 0.15) is 27.8 Å².